The van der Waals surface area contributed by atoms with Crippen molar-refractivity contribution in [1.29, 1.82) is 0 Å². The summed E-state index contributed by atoms with van der Waals surface area (Å²) in [6, 6.07) is -0.257. The second-order valence-corrected chi connectivity index (χ2v) is 6.21. The topological polar surface area (TPSA) is 51.2 Å². The smallest absolute Gasteiger partial charge is 0.323 e. The summed E-state index contributed by atoms with van der Waals surface area (Å²) in [6.07, 6.45) is 0. The first-order valence-electron chi connectivity index (χ1n) is 6.14. The van der Waals surface area contributed by atoms with Crippen LogP contribution < -0.4 is 5.32 Å². The Kier molecular flexibility index (Phi) is 5.28. The second-order valence-electron chi connectivity index (χ2n) is 4.81. The first-order valence-corrected chi connectivity index (χ1v) is 6.96. The van der Waals surface area contributed by atoms with Gasteiger partial charge in [-0.2, -0.15) is 0 Å². The van der Waals surface area contributed by atoms with E-state index in [1.807, 2.05) is 27.7 Å². The molecule has 0 aliphatic heterocycles. The highest BCUT2D eigenvalue weighted by Gasteiger charge is 2.26. The summed E-state index contributed by atoms with van der Waals surface area (Å²) in [5.41, 5.74) is 1.02. The van der Waals surface area contributed by atoms with Gasteiger partial charge in [0.15, 0.2) is 0 Å². The third kappa shape index (κ3) is 3.53. The molecule has 5 heteroatoms. The zero-order valence-corrected chi connectivity index (χ0v) is 12.7. The Hall–Kier alpha value is -0.940. The number of rotatable bonds is 5. The van der Waals surface area contributed by atoms with Gasteiger partial charge in [-0.25, -0.2) is 4.98 Å². The van der Waals surface area contributed by atoms with E-state index in [1.165, 1.54) is 12.0 Å². The van der Waals surface area contributed by atoms with Crippen molar-refractivity contribution in [1.82, 2.24) is 10.3 Å². The van der Waals surface area contributed by atoms with Crippen molar-refractivity contribution in [3.05, 3.63) is 15.6 Å². The van der Waals surface area contributed by atoms with Gasteiger partial charge in [0.05, 0.1) is 17.8 Å². The number of aromatic nitrogens is 1. The van der Waals surface area contributed by atoms with Gasteiger partial charge >= 0.3 is 5.97 Å². The number of ether oxygens (including phenoxy) is 1. The minimum atomic E-state index is -0.300. The van der Waals surface area contributed by atoms with Crippen molar-refractivity contribution in [3.63, 3.8) is 0 Å². The number of hydrogen-bond donors (Lipinski definition) is 1. The SMILES string of the molecule is COC(=O)C(NC(C)c1nc(C)sc1C)C(C)C. The summed E-state index contributed by atoms with van der Waals surface area (Å²) in [4.78, 5) is 17.4. The van der Waals surface area contributed by atoms with E-state index in [1.54, 1.807) is 11.3 Å². The molecular formula is C13H22N2O2S. The second kappa shape index (κ2) is 6.29. The van der Waals surface area contributed by atoms with Gasteiger partial charge in [0.25, 0.3) is 0 Å². The summed E-state index contributed by atoms with van der Waals surface area (Å²) < 4.78 is 4.83. The van der Waals surface area contributed by atoms with E-state index in [0.717, 1.165) is 10.7 Å². The third-order valence-electron chi connectivity index (χ3n) is 2.90. The van der Waals surface area contributed by atoms with Crippen LogP contribution in [-0.2, 0) is 9.53 Å². The van der Waals surface area contributed by atoms with Gasteiger partial charge in [-0.15, -0.1) is 11.3 Å². The monoisotopic (exact) mass is 270 g/mol. The molecule has 0 amide bonds. The fourth-order valence-electron chi connectivity index (χ4n) is 1.95. The first-order chi connectivity index (χ1) is 8.36. The summed E-state index contributed by atoms with van der Waals surface area (Å²) in [6.45, 7) is 10.1. The number of nitrogens with one attached hydrogen (secondary N) is 1. The molecule has 1 N–H and O–H groups in total. The highest BCUT2D eigenvalue weighted by atomic mass is 32.1. The zero-order chi connectivity index (χ0) is 13.9. The summed E-state index contributed by atoms with van der Waals surface area (Å²) >= 11 is 1.68. The molecule has 0 aliphatic rings. The Balaban J connectivity index is 2.81. The Morgan fingerprint density at radius 1 is 1.33 bits per heavy atom. The maximum atomic E-state index is 11.7. The van der Waals surface area contributed by atoms with Gasteiger partial charge in [-0.1, -0.05) is 13.8 Å². The minimum absolute atomic E-state index is 0.0430. The summed E-state index contributed by atoms with van der Waals surface area (Å²) in [5, 5.41) is 4.36. The molecular weight excluding hydrogens is 248 g/mol. The van der Waals surface area contributed by atoms with Crippen LogP contribution in [0.15, 0.2) is 0 Å². The van der Waals surface area contributed by atoms with Gasteiger partial charge < -0.3 is 4.74 Å². The van der Waals surface area contributed by atoms with E-state index in [0.29, 0.717) is 0 Å². The normalized spacial score (nSPS) is 14.6. The lowest BCUT2D eigenvalue weighted by Gasteiger charge is -2.23. The van der Waals surface area contributed by atoms with E-state index in [4.69, 9.17) is 4.74 Å². The Morgan fingerprint density at radius 2 is 1.94 bits per heavy atom. The molecule has 1 rings (SSSR count). The number of esters is 1. The van der Waals surface area contributed by atoms with Crippen LogP contribution in [0.2, 0.25) is 0 Å². The molecule has 4 nitrogen and oxygen atoms in total. The van der Waals surface area contributed by atoms with Crippen molar-refractivity contribution in [2.45, 2.75) is 46.7 Å². The van der Waals surface area contributed by atoms with Crippen LogP contribution in [-0.4, -0.2) is 24.1 Å². The average Bonchev–Trinajstić information content (AvgIpc) is 2.63. The van der Waals surface area contributed by atoms with E-state index in [2.05, 4.69) is 17.2 Å². The number of aryl methyl sites for hydroxylation is 2. The van der Waals surface area contributed by atoms with Crippen LogP contribution in [0.3, 0.4) is 0 Å². The maximum Gasteiger partial charge on any atom is 0.323 e. The number of thiazole rings is 1. The first kappa shape index (κ1) is 15.1. The molecule has 0 aromatic carbocycles. The van der Waals surface area contributed by atoms with Crippen molar-refractivity contribution < 1.29 is 9.53 Å². The van der Waals surface area contributed by atoms with Crippen molar-refractivity contribution in [2.75, 3.05) is 7.11 Å². The highest BCUT2D eigenvalue weighted by molar-refractivity contribution is 7.11. The van der Waals surface area contributed by atoms with E-state index < -0.39 is 0 Å². The molecule has 0 bridgehead atoms. The van der Waals surface area contributed by atoms with Crippen molar-refractivity contribution in [2.24, 2.45) is 5.92 Å². The molecule has 0 spiro atoms. The fraction of sp³-hybridized carbons (Fsp3) is 0.692. The third-order valence-corrected chi connectivity index (χ3v) is 3.80. The molecule has 2 unspecified atom stereocenters. The number of carbonyl (C=O) groups is 1. The van der Waals surface area contributed by atoms with Crippen molar-refractivity contribution in [3.8, 4) is 0 Å². The predicted octanol–water partition coefficient (Wildman–Crippen LogP) is 2.61. The molecule has 0 fully saturated rings. The molecule has 0 radical (unpaired) electrons. The van der Waals surface area contributed by atoms with Crippen molar-refractivity contribution >= 4 is 17.3 Å². The average molecular weight is 270 g/mol. The number of hydrogen-bond acceptors (Lipinski definition) is 5. The van der Waals surface area contributed by atoms with Crippen LogP contribution in [0.1, 0.15) is 42.4 Å². The standard InChI is InChI=1S/C13H22N2O2S/c1-7(2)11(13(16)17-6)14-8(3)12-9(4)18-10(5)15-12/h7-8,11,14H,1-6H3. The number of methoxy groups -OCH3 is 1. The van der Waals surface area contributed by atoms with Gasteiger partial charge in [0, 0.05) is 10.9 Å². The molecule has 1 aromatic heterocycles. The number of carbonyl (C=O) groups excluding carboxylic acids is 1. The van der Waals surface area contributed by atoms with Gasteiger partial charge in [-0.3, -0.25) is 10.1 Å². The zero-order valence-electron chi connectivity index (χ0n) is 11.9. The minimum Gasteiger partial charge on any atom is -0.468 e. The molecule has 0 aliphatic carbocycles. The molecule has 18 heavy (non-hydrogen) atoms. The fourth-order valence-corrected chi connectivity index (χ4v) is 2.87. The molecule has 0 saturated carbocycles. The molecule has 2 atom stereocenters. The maximum absolute atomic E-state index is 11.7. The Morgan fingerprint density at radius 3 is 2.33 bits per heavy atom. The molecule has 1 aromatic rings. The predicted molar refractivity (Wildman–Crippen MR) is 73.8 cm³/mol. The van der Waals surface area contributed by atoms with Crippen LogP contribution in [0.5, 0.6) is 0 Å². The lowest BCUT2D eigenvalue weighted by molar-refractivity contribution is -0.144. The lowest BCUT2D eigenvalue weighted by atomic mass is 10.0. The largest absolute Gasteiger partial charge is 0.468 e. The molecule has 1 heterocycles. The van der Waals surface area contributed by atoms with Gasteiger partial charge in [-0.05, 0) is 26.7 Å². The van der Waals surface area contributed by atoms with Gasteiger partial charge in [0.2, 0.25) is 0 Å². The van der Waals surface area contributed by atoms with Crippen LogP contribution >= 0.6 is 11.3 Å². The number of nitrogens with zero attached hydrogens (tertiary/aromatic N) is 1. The van der Waals surface area contributed by atoms with Crippen LogP contribution in [0.4, 0.5) is 0 Å². The summed E-state index contributed by atoms with van der Waals surface area (Å²) in [5.74, 6) is -0.0404. The molecule has 0 saturated heterocycles. The Bertz CT molecular complexity index is 415. The van der Waals surface area contributed by atoms with Crippen LogP contribution in [0.25, 0.3) is 0 Å². The molecule has 102 valence electrons. The van der Waals surface area contributed by atoms with Gasteiger partial charge in [0.1, 0.15) is 6.04 Å². The highest BCUT2D eigenvalue weighted by Crippen LogP contribution is 2.23. The Labute approximate surface area is 113 Å². The quantitative estimate of drug-likeness (QED) is 0.836. The van der Waals surface area contributed by atoms with E-state index in [9.17, 15) is 4.79 Å². The van der Waals surface area contributed by atoms with Crippen LogP contribution in [0, 0.1) is 19.8 Å². The van der Waals surface area contributed by atoms with E-state index >= 15 is 0 Å². The summed E-state index contributed by atoms with van der Waals surface area (Å²) in [7, 11) is 1.42. The lowest BCUT2D eigenvalue weighted by Crippen LogP contribution is -2.43. The van der Waals surface area contributed by atoms with E-state index in [-0.39, 0.29) is 24.0 Å².